The first-order chi connectivity index (χ1) is 9.15. The third-order valence-electron chi connectivity index (χ3n) is 3.02. The van der Waals surface area contributed by atoms with Crippen molar-refractivity contribution in [3.63, 3.8) is 0 Å². The minimum absolute atomic E-state index is 0.0620. The average molecular weight is 263 g/mol. The van der Waals surface area contributed by atoms with E-state index in [4.69, 9.17) is 4.42 Å². The van der Waals surface area contributed by atoms with Crippen molar-refractivity contribution in [3.8, 4) is 11.5 Å². The van der Waals surface area contributed by atoms with Crippen LogP contribution in [0.4, 0.5) is 4.39 Å². The Morgan fingerprint density at radius 2 is 2.11 bits per heavy atom. The monoisotopic (exact) mass is 263 g/mol. The molecule has 19 heavy (non-hydrogen) atoms. The number of aromatic nitrogens is 2. The van der Waals surface area contributed by atoms with E-state index in [-0.39, 0.29) is 11.9 Å². The molecular weight excluding hydrogens is 245 g/mol. The number of benzene rings is 1. The summed E-state index contributed by atoms with van der Waals surface area (Å²) < 4.78 is 18.8. The number of nitrogens with one attached hydrogen (secondary N) is 1. The van der Waals surface area contributed by atoms with Crippen molar-refractivity contribution < 1.29 is 8.81 Å². The lowest BCUT2D eigenvalue weighted by Crippen LogP contribution is -2.20. The number of hydrogen-bond donors (Lipinski definition) is 1. The van der Waals surface area contributed by atoms with Gasteiger partial charge in [-0.2, -0.15) is 0 Å². The predicted molar refractivity (Wildman–Crippen MR) is 71.1 cm³/mol. The molecule has 1 atom stereocenters. The molecule has 1 heterocycles. The molecule has 2 rings (SSSR count). The summed E-state index contributed by atoms with van der Waals surface area (Å²) in [6, 6.07) is 4.58. The van der Waals surface area contributed by atoms with Crippen LogP contribution >= 0.6 is 0 Å². The second-order valence-corrected chi connectivity index (χ2v) is 4.42. The van der Waals surface area contributed by atoms with Crippen LogP contribution in [0.25, 0.3) is 11.5 Å². The van der Waals surface area contributed by atoms with Crippen molar-refractivity contribution in [2.24, 2.45) is 0 Å². The molecule has 0 saturated heterocycles. The summed E-state index contributed by atoms with van der Waals surface area (Å²) in [4.78, 5) is 0. The second kappa shape index (κ2) is 5.93. The van der Waals surface area contributed by atoms with Crippen molar-refractivity contribution in [1.82, 2.24) is 15.5 Å². The molecule has 102 valence electrons. The number of halogens is 1. The van der Waals surface area contributed by atoms with Gasteiger partial charge in [0.2, 0.25) is 11.8 Å². The van der Waals surface area contributed by atoms with E-state index >= 15 is 0 Å². The maximum atomic E-state index is 13.1. The van der Waals surface area contributed by atoms with E-state index in [0.717, 1.165) is 24.1 Å². The Labute approximate surface area is 112 Å². The van der Waals surface area contributed by atoms with Crippen LogP contribution in [0, 0.1) is 12.7 Å². The first-order valence-electron chi connectivity index (χ1n) is 6.49. The standard InChI is InChI=1S/C14H18FN3O/c1-4-12(16-5-2)14-18-17-13(19-14)11-7-6-10(15)8-9(11)3/h6-8,12,16H,4-5H2,1-3H3. The maximum absolute atomic E-state index is 13.1. The predicted octanol–water partition coefficient (Wildman–Crippen LogP) is 3.24. The van der Waals surface area contributed by atoms with Crippen LogP contribution in [0.1, 0.15) is 37.8 Å². The van der Waals surface area contributed by atoms with Gasteiger partial charge in [-0.05, 0) is 43.7 Å². The highest BCUT2D eigenvalue weighted by atomic mass is 19.1. The summed E-state index contributed by atoms with van der Waals surface area (Å²) in [5, 5.41) is 11.4. The zero-order valence-electron chi connectivity index (χ0n) is 11.4. The van der Waals surface area contributed by atoms with Crippen LogP contribution in [0.5, 0.6) is 0 Å². The van der Waals surface area contributed by atoms with Gasteiger partial charge in [-0.3, -0.25) is 0 Å². The second-order valence-electron chi connectivity index (χ2n) is 4.42. The van der Waals surface area contributed by atoms with E-state index in [1.54, 1.807) is 6.07 Å². The summed E-state index contributed by atoms with van der Waals surface area (Å²) in [6.45, 7) is 6.75. The summed E-state index contributed by atoms with van der Waals surface area (Å²) in [5.41, 5.74) is 1.55. The molecule has 0 spiro atoms. The molecule has 1 N–H and O–H groups in total. The average Bonchev–Trinajstić information content (AvgIpc) is 2.85. The fraction of sp³-hybridized carbons (Fsp3) is 0.429. The van der Waals surface area contributed by atoms with E-state index in [1.165, 1.54) is 12.1 Å². The quantitative estimate of drug-likeness (QED) is 0.899. The molecule has 4 nitrogen and oxygen atoms in total. The van der Waals surface area contributed by atoms with E-state index < -0.39 is 0 Å². The van der Waals surface area contributed by atoms with Crippen molar-refractivity contribution in [2.75, 3.05) is 6.54 Å². The molecule has 1 unspecified atom stereocenters. The number of nitrogens with zero attached hydrogens (tertiary/aromatic N) is 2. The van der Waals surface area contributed by atoms with E-state index in [1.807, 2.05) is 13.8 Å². The summed E-state index contributed by atoms with van der Waals surface area (Å²) in [6.07, 6.45) is 0.873. The molecular formula is C14H18FN3O. The fourth-order valence-electron chi connectivity index (χ4n) is 2.00. The van der Waals surface area contributed by atoms with Gasteiger partial charge < -0.3 is 9.73 Å². The number of rotatable bonds is 5. The van der Waals surface area contributed by atoms with Gasteiger partial charge in [0.1, 0.15) is 5.82 Å². The van der Waals surface area contributed by atoms with Crippen molar-refractivity contribution in [3.05, 3.63) is 35.5 Å². The van der Waals surface area contributed by atoms with Crippen molar-refractivity contribution in [2.45, 2.75) is 33.2 Å². The van der Waals surface area contributed by atoms with E-state index in [0.29, 0.717) is 11.8 Å². The lowest BCUT2D eigenvalue weighted by atomic mass is 10.1. The van der Waals surface area contributed by atoms with Gasteiger partial charge in [0, 0.05) is 5.56 Å². The molecule has 0 saturated carbocycles. The SMILES string of the molecule is CCNC(CC)c1nnc(-c2ccc(F)cc2C)o1. The number of hydrogen-bond acceptors (Lipinski definition) is 4. The molecule has 1 aromatic carbocycles. The third-order valence-corrected chi connectivity index (χ3v) is 3.02. The van der Waals surface area contributed by atoms with Crippen LogP contribution in [0.2, 0.25) is 0 Å². The topological polar surface area (TPSA) is 51.0 Å². The number of aryl methyl sites for hydroxylation is 1. The van der Waals surface area contributed by atoms with Crippen molar-refractivity contribution in [1.29, 1.82) is 0 Å². The molecule has 0 amide bonds. The van der Waals surface area contributed by atoms with Crippen LogP contribution in [-0.2, 0) is 0 Å². The molecule has 0 aliphatic carbocycles. The zero-order valence-corrected chi connectivity index (χ0v) is 11.4. The van der Waals surface area contributed by atoms with Gasteiger partial charge in [-0.25, -0.2) is 4.39 Å². The highest BCUT2D eigenvalue weighted by Gasteiger charge is 2.17. The highest BCUT2D eigenvalue weighted by Crippen LogP contribution is 2.25. The Morgan fingerprint density at radius 3 is 2.74 bits per heavy atom. The Bertz CT molecular complexity index is 553. The lowest BCUT2D eigenvalue weighted by molar-refractivity contribution is 0.402. The molecule has 2 aromatic rings. The van der Waals surface area contributed by atoms with Gasteiger partial charge in [0.25, 0.3) is 0 Å². The molecule has 5 heteroatoms. The molecule has 1 aromatic heterocycles. The molecule has 0 aliphatic rings. The van der Waals surface area contributed by atoms with Crippen LogP contribution in [-0.4, -0.2) is 16.7 Å². The minimum atomic E-state index is -0.264. The van der Waals surface area contributed by atoms with Crippen molar-refractivity contribution >= 4 is 0 Å². The Hall–Kier alpha value is -1.75. The van der Waals surface area contributed by atoms with Gasteiger partial charge in [-0.1, -0.05) is 13.8 Å². The Kier molecular flexibility index (Phi) is 4.27. The van der Waals surface area contributed by atoms with Crippen LogP contribution in [0.15, 0.2) is 22.6 Å². The summed E-state index contributed by atoms with van der Waals surface area (Å²) in [5.74, 6) is 0.743. The van der Waals surface area contributed by atoms with Gasteiger partial charge in [0.05, 0.1) is 6.04 Å². The molecule has 0 aliphatic heterocycles. The van der Waals surface area contributed by atoms with Gasteiger partial charge in [0.15, 0.2) is 0 Å². The van der Waals surface area contributed by atoms with E-state index in [2.05, 4.69) is 22.4 Å². The highest BCUT2D eigenvalue weighted by molar-refractivity contribution is 5.57. The molecule has 0 radical (unpaired) electrons. The van der Waals surface area contributed by atoms with E-state index in [9.17, 15) is 4.39 Å². The minimum Gasteiger partial charge on any atom is -0.419 e. The van der Waals surface area contributed by atoms with Crippen LogP contribution < -0.4 is 5.32 Å². The largest absolute Gasteiger partial charge is 0.419 e. The fourth-order valence-corrected chi connectivity index (χ4v) is 2.00. The van der Waals surface area contributed by atoms with Crippen LogP contribution in [0.3, 0.4) is 0 Å². The molecule has 0 fully saturated rings. The Morgan fingerprint density at radius 1 is 1.32 bits per heavy atom. The lowest BCUT2D eigenvalue weighted by Gasteiger charge is -2.10. The first kappa shape index (κ1) is 13.7. The summed E-state index contributed by atoms with van der Waals surface area (Å²) >= 11 is 0. The smallest absolute Gasteiger partial charge is 0.248 e. The maximum Gasteiger partial charge on any atom is 0.248 e. The first-order valence-corrected chi connectivity index (χ1v) is 6.49. The summed E-state index contributed by atoms with van der Waals surface area (Å²) in [7, 11) is 0. The Balaban J connectivity index is 2.29. The van der Waals surface area contributed by atoms with Gasteiger partial charge >= 0.3 is 0 Å². The third kappa shape index (κ3) is 2.98. The zero-order chi connectivity index (χ0) is 13.8. The molecule has 0 bridgehead atoms. The van der Waals surface area contributed by atoms with Gasteiger partial charge in [-0.15, -0.1) is 10.2 Å². The normalized spacial score (nSPS) is 12.6.